The van der Waals surface area contributed by atoms with E-state index in [1.54, 1.807) is 0 Å². The Balaban J connectivity index is 1.90. The van der Waals surface area contributed by atoms with Gasteiger partial charge in [-0.2, -0.15) is 0 Å². The Morgan fingerprint density at radius 3 is 2.76 bits per heavy atom. The monoisotopic (exact) mass is 288 g/mol. The van der Waals surface area contributed by atoms with E-state index in [2.05, 4.69) is 36.3 Å². The smallest absolute Gasteiger partial charge is 0.0270 e. The number of hydrogen-bond donors (Lipinski definition) is 1. The van der Waals surface area contributed by atoms with Crippen molar-refractivity contribution in [1.29, 1.82) is 0 Å². The summed E-state index contributed by atoms with van der Waals surface area (Å²) in [6.07, 6.45) is 14.6. The molecule has 1 aliphatic rings. The van der Waals surface area contributed by atoms with Crippen LogP contribution in [0.5, 0.6) is 0 Å². The van der Waals surface area contributed by atoms with Gasteiger partial charge in [0.25, 0.3) is 0 Å². The van der Waals surface area contributed by atoms with E-state index in [-0.39, 0.29) is 0 Å². The van der Waals surface area contributed by atoms with Gasteiger partial charge in [0.05, 0.1) is 0 Å². The number of nitrogens with zero attached hydrogens (tertiary/aromatic N) is 1. The predicted octanol–water partition coefficient (Wildman–Crippen LogP) is 4.60. The highest BCUT2D eigenvalue weighted by atomic mass is 14.9. The molecule has 1 aromatic heterocycles. The van der Waals surface area contributed by atoms with Gasteiger partial charge in [0.1, 0.15) is 0 Å². The van der Waals surface area contributed by atoms with Crippen LogP contribution in [0.1, 0.15) is 64.4 Å². The number of rotatable bonds is 8. The number of nitrogens with one attached hydrogen (secondary N) is 1. The molecule has 0 bridgehead atoms. The second kappa shape index (κ2) is 9.19. The maximum atomic E-state index is 4.12. The van der Waals surface area contributed by atoms with Crippen LogP contribution in [0.4, 0.5) is 0 Å². The normalized spacial score (nSPS) is 23.9. The number of aromatic nitrogens is 1. The second-order valence-corrected chi connectivity index (χ2v) is 6.66. The number of pyridine rings is 1. The quantitative estimate of drug-likeness (QED) is 0.756. The fourth-order valence-corrected chi connectivity index (χ4v) is 3.77. The Morgan fingerprint density at radius 1 is 1.24 bits per heavy atom. The second-order valence-electron chi connectivity index (χ2n) is 6.66. The molecule has 2 nitrogen and oxygen atoms in total. The summed E-state index contributed by atoms with van der Waals surface area (Å²) in [5.41, 5.74) is 1.43. The molecule has 1 saturated carbocycles. The van der Waals surface area contributed by atoms with Crippen molar-refractivity contribution < 1.29 is 0 Å². The lowest BCUT2D eigenvalue weighted by molar-refractivity contribution is 0.202. The molecule has 0 aromatic carbocycles. The van der Waals surface area contributed by atoms with Gasteiger partial charge < -0.3 is 5.32 Å². The lowest BCUT2D eigenvalue weighted by Crippen LogP contribution is -2.39. The summed E-state index contributed by atoms with van der Waals surface area (Å²) < 4.78 is 0. The van der Waals surface area contributed by atoms with Gasteiger partial charge in [-0.05, 0) is 68.2 Å². The molecule has 1 aliphatic carbocycles. The molecule has 0 amide bonds. The average molecular weight is 288 g/mol. The Bertz CT molecular complexity index is 376. The minimum Gasteiger partial charge on any atom is -0.314 e. The van der Waals surface area contributed by atoms with Gasteiger partial charge in [0.2, 0.25) is 0 Å². The number of aryl methyl sites for hydroxylation is 1. The summed E-state index contributed by atoms with van der Waals surface area (Å²) in [4.78, 5) is 4.12. The maximum absolute atomic E-state index is 4.12. The first-order valence-electron chi connectivity index (χ1n) is 8.95. The zero-order valence-electron chi connectivity index (χ0n) is 13.9. The van der Waals surface area contributed by atoms with Crippen molar-refractivity contribution in [2.75, 3.05) is 6.54 Å². The Hall–Kier alpha value is -0.890. The van der Waals surface area contributed by atoms with Crippen LogP contribution < -0.4 is 5.32 Å². The van der Waals surface area contributed by atoms with Gasteiger partial charge in [-0.1, -0.05) is 33.1 Å². The van der Waals surface area contributed by atoms with E-state index in [1.807, 2.05) is 12.4 Å². The summed E-state index contributed by atoms with van der Waals surface area (Å²) in [5.74, 6) is 1.85. The van der Waals surface area contributed by atoms with Gasteiger partial charge in [-0.25, -0.2) is 0 Å². The Labute approximate surface area is 130 Å². The van der Waals surface area contributed by atoms with E-state index in [0.29, 0.717) is 6.04 Å². The lowest BCUT2D eigenvalue weighted by Gasteiger charge is -2.35. The molecule has 1 heterocycles. The molecule has 1 aromatic rings. The molecule has 2 rings (SSSR count). The van der Waals surface area contributed by atoms with Crippen LogP contribution in [0.25, 0.3) is 0 Å². The van der Waals surface area contributed by atoms with Crippen molar-refractivity contribution in [3.05, 3.63) is 30.1 Å². The summed E-state index contributed by atoms with van der Waals surface area (Å²) >= 11 is 0. The van der Waals surface area contributed by atoms with Crippen LogP contribution in [0.3, 0.4) is 0 Å². The van der Waals surface area contributed by atoms with Gasteiger partial charge in [-0.15, -0.1) is 0 Å². The molecule has 0 aliphatic heterocycles. The van der Waals surface area contributed by atoms with Crippen molar-refractivity contribution in [2.45, 2.75) is 71.3 Å². The fourth-order valence-electron chi connectivity index (χ4n) is 3.77. The third-order valence-corrected chi connectivity index (χ3v) is 5.12. The van der Waals surface area contributed by atoms with E-state index in [4.69, 9.17) is 0 Å². The van der Waals surface area contributed by atoms with Gasteiger partial charge in [0.15, 0.2) is 0 Å². The molecule has 0 radical (unpaired) electrons. The first-order chi connectivity index (χ1) is 10.3. The third-order valence-electron chi connectivity index (χ3n) is 5.12. The molecule has 3 atom stereocenters. The van der Waals surface area contributed by atoms with Gasteiger partial charge in [-0.3, -0.25) is 4.98 Å². The highest BCUT2D eigenvalue weighted by molar-refractivity contribution is 5.10. The lowest BCUT2D eigenvalue weighted by atomic mass is 9.75. The van der Waals surface area contributed by atoms with E-state index >= 15 is 0 Å². The van der Waals surface area contributed by atoms with Crippen LogP contribution in [0, 0.1) is 11.8 Å². The van der Waals surface area contributed by atoms with Crippen molar-refractivity contribution in [3.8, 4) is 0 Å². The molecule has 118 valence electrons. The van der Waals surface area contributed by atoms with Crippen LogP contribution in [0.2, 0.25) is 0 Å². The first kappa shape index (κ1) is 16.5. The largest absolute Gasteiger partial charge is 0.314 e. The molecule has 3 unspecified atom stereocenters. The van der Waals surface area contributed by atoms with Crippen molar-refractivity contribution in [3.63, 3.8) is 0 Å². The summed E-state index contributed by atoms with van der Waals surface area (Å²) in [6.45, 7) is 5.79. The third kappa shape index (κ3) is 5.43. The SMILES string of the molecule is CCCNC(CCc1ccncc1)C1CCCC(CC)C1. The molecule has 1 N–H and O–H groups in total. The molecule has 2 heteroatoms. The van der Waals surface area contributed by atoms with Crippen LogP contribution >= 0.6 is 0 Å². The molecule has 21 heavy (non-hydrogen) atoms. The fraction of sp³-hybridized carbons (Fsp3) is 0.737. The van der Waals surface area contributed by atoms with E-state index in [0.717, 1.165) is 18.4 Å². The first-order valence-corrected chi connectivity index (χ1v) is 8.95. The van der Waals surface area contributed by atoms with Gasteiger partial charge >= 0.3 is 0 Å². The van der Waals surface area contributed by atoms with E-state index < -0.39 is 0 Å². The summed E-state index contributed by atoms with van der Waals surface area (Å²) in [6, 6.07) is 5.02. The zero-order valence-corrected chi connectivity index (χ0v) is 13.9. The van der Waals surface area contributed by atoms with Crippen molar-refractivity contribution in [1.82, 2.24) is 10.3 Å². The molecule has 0 saturated heterocycles. The van der Waals surface area contributed by atoms with Crippen molar-refractivity contribution in [2.24, 2.45) is 11.8 Å². The molecular formula is C19H32N2. The topological polar surface area (TPSA) is 24.9 Å². The summed E-state index contributed by atoms with van der Waals surface area (Å²) in [5, 5.41) is 3.84. The number of hydrogen-bond acceptors (Lipinski definition) is 2. The summed E-state index contributed by atoms with van der Waals surface area (Å²) in [7, 11) is 0. The van der Waals surface area contributed by atoms with Crippen LogP contribution in [-0.4, -0.2) is 17.6 Å². The molecular weight excluding hydrogens is 256 g/mol. The van der Waals surface area contributed by atoms with Crippen LogP contribution in [-0.2, 0) is 6.42 Å². The Morgan fingerprint density at radius 2 is 2.05 bits per heavy atom. The minimum atomic E-state index is 0.701. The Kier molecular flexibility index (Phi) is 7.21. The standard InChI is InChI=1S/C19H32N2/c1-3-12-21-19(9-8-17-10-13-20-14-11-17)18-7-5-6-16(4-2)15-18/h10-11,13-14,16,18-19,21H,3-9,12,15H2,1-2H3. The molecule has 1 fully saturated rings. The zero-order chi connectivity index (χ0) is 14.9. The average Bonchev–Trinajstić information content (AvgIpc) is 2.56. The van der Waals surface area contributed by atoms with Gasteiger partial charge in [0, 0.05) is 18.4 Å². The van der Waals surface area contributed by atoms with Crippen molar-refractivity contribution >= 4 is 0 Å². The highest BCUT2D eigenvalue weighted by Crippen LogP contribution is 2.34. The van der Waals surface area contributed by atoms with Crippen LogP contribution in [0.15, 0.2) is 24.5 Å². The maximum Gasteiger partial charge on any atom is 0.0270 e. The molecule has 0 spiro atoms. The van der Waals surface area contributed by atoms with E-state index in [1.165, 1.54) is 56.9 Å². The minimum absolute atomic E-state index is 0.701. The van der Waals surface area contributed by atoms with E-state index in [9.17, 15) is 0 Å². The predicted molar refractivity (Wildman–Crippen MR) is 90.4 cm³/mol. The highest BCUT2D eigenvalue weighted by Gasteiger charge is 2.27.